The molecule has 0 saturated carbocycles. The number of carbonyl (C=O) groups is 1. The maximum Gasteiger partial charge on any atom is 0.407 e. The molecule has 96 valence electrons. The second-order valence-electron chi connectivity index (χ2n) is 5.12. The summed E-state index contributed by atoms with van der Waals surface area (Å²) in [5.41, 5.74) is -0.444. The van der Waals surface area contributed by atoms with Crippen LogP contribution in [-0.4, -0.2) is 29.4 Å². The molecule has 0 aliphatic heterocycles. The minimum atomic E-state index is -0.444. The molecule has 0 aromatic carbocycles. The fourth-order valence-corrected chi connectivity index (χ4v) is 1.32. The highest BCUT2D eigenvalue weighted by molar-refractivity contribution is 5.67. The van der Waals surface area contributed by atoms with Crippen LogP contribution in [0.5, 0.6) is 0 Å². The van der Waals surface area contributed by atoms with Gasteiger partial charge in [-0.1, -0.05) is 12.8 Å². The molecule has 0 aliphatic carbocycles. The first kappa shape index (κ1) is 15.2. The lowest BCUT2D eigenvalue weighted by Crippen LogP contribution is -2.37. The number of aliphatic hydroxyl groups excluding tert-OH is 1. The number of nitrogens with one attached hydrogen (secondary N) is 1. The van der Waals surface area contributed by atoms with Crippen molar-refractivity contribution in [2.75, 3.05) is 6.61 Å². The van der Waals surface area contributed by atoms with Crippen molar-refractivity contribution >= 4 is 6.09 Å². The van der Waals surface area contributed by atoms with Crippen LogP contribution in [0.15, 0.2) is 0 Å². The average molecular weight is 231 g/mol. The second-order valence-corrected chi connectivity index (χ2v) is 5.12. The van der Waals surface area contributed by atoms with E-state index in [1.807, 2.05) is 27.7 Å². The lowest BCUT2D eigenvalue weighted by Gasteiger charge is -2.21. The molecule has 4 nitrogen and oxygen atoms in total. The Morgan fingerprint density at radius 3 is 2.44 bits per heavy atom. The quantitative estimate of drug-likeness (QED) is 0.690. The van der Waals surface area contributed by atoms with Crippen molar-refractivity contribution in [2.24, 2.45) is 0 Å². The summed E-state index contributed by atoms with van der Waals surface area (Å²) in [4.78, 5) is 11.4. The number of unbranched alkanes of at least 4 members (excludes halogenated alkanes) is 2. The highest BCUT2D eigenvalue weighted by atomic mass is 16.6. The molecule has 0 aromatic heterocycles. The topological polar surface area (TPSA) is 58.6 Å². The fraction of sp³-hybridized carbons (Fsp3) is 0.917. The number of amides is 1. The molecule has 0 unspecified atom stereocenters. The molecular weight excluding hydrogens is 206 g/mol. The molecule has 0 saturated heterocycles. The number of rotatable bonds is 6. The molecular formula is C12H25NO3. The van der Waals surface area contributed by atoms with Crippen LogP contribution in [-0.2, 0) is 4.74 Å². The van der Waals surface area contributed by atoms with Crippen molar-refractivity contribution in [1.82, 2.24) is 5.32 Å². The normalized spacial score (nSPS) is 13.3. The Hall–Kier alpha value is -0.770. The first-order chi connectivity index (χ1) is 7.35. The van der Waals surface area contributed by atoms with Crippen LogP contribution in [0, 0.1) is 0 Å². The van der Waals surface area contributed by atoms with Crippen LogP contribution in [0.25, 0.3) is 0 Å². The van der Waals surface area contributed by atoms with E-state index in [0.717, 1.165) is 25.7 Å². The summed E-state index contributed by atoms with van der Waals surface area (Å²) < 4.78 is 5.15. The molecule has 0 radical (unpaired) electrons. The van der Waals surface area contributed by atoms with Gasteiger partial charge in [-0.05, 0) is 40.5 Å². The van der Waals surface area contributed by atoms with Crippen LogP contribution in [0.2, 0.25) is 0 Å². The van der Waals surface area contributed by atoms with Crippen molar-refractivity contribution in [3.05, 3.63) is 0 Å². The average Bonchev–Trinajstić information content (AvgIpc) is 2.09. The monoisotopic (exact) mass is 231 g/mol. The smallest absolute Gasteiger partial charge is 0.407 e. The second kappa shape index (κ2) is 7.49. The molecule has 1 atom stereocenters. The van der Waals surface area contributed by atoms with Gasteiger partial charge >= 0.3 is 6.09 Å². The van der Waals surface area contributed by atoms with E-state index >= 15 is 0 Å². The van der Waals surface area contributed by atoms with Crippen molar-refractivity contribution in [1.29, 1.82) is 0 Å². The predicted molar refractivity (Wildman–Crippen MR) is 64.4 cm³/mol. The molecule has 0 fully saturated rings. The Kier molecular flexibility index (Phi) is 7.13. The van der Waals surface area contributed by atoms with E-state index in [4.69, 9.17) is 9.84 Å². The standard InChI is InChI=1S/C12H25NO3/c1-10(8-6-5-7-9-14)13-11(15)16-12(2,3)4/h10,14H,5-9H2,1-4H3,(H,13,15)/t10-/m0/s1. The Morgan fingerprint density at radius 1 is 1.31 bits per heavy atom. The van der Waals surface area contributed by atoms with E-state index in [2.05, 4.69) is 5.32 Å². The Bertz CT molecular complexity index is 199. The number of aliphatic hydroxyl groups is 1. The zero-order valence-corrected chi connectivity index (χ0v) is 10.9. The third-order valence-corrected chi connectivity index (χ3v) is 2.06. The number of hydrogen-bond acceptors (Lipinski definition) is 3. The van der Waals surface area contributed by atoms with E-state index in [1.54, 1.807) is 0 Å². The van der Waals surface area contributed by atoms with E-state index in [0.29, 0.717) is 0 Å². The van der Waals surface area contributed by atoms with Crippen molar-refractivity contribution in [3.8, 4) is 0 Å². The summed E-state index contributed by atoms with van der Waals surface area (Å²) in [5.74, 6) is 0. The fourth-order valence-electron chi connectivity index (χ4n) is 1.32. The molecule has 2 N–H and O–H groups in total. The van der Waals surface area contributed by atoms with Gasteiger partial charge in [0.25, 0.3) is 0 Å². The number of hydrogen-bond donors (Lipinski definition) is 2. The highest BCUT2D eigenvalue weighted by Gasteiger charge is 2.17. The van der Waals surface area contributed by atoms with Crippen molar-refractivity contribution in [3.63, 3.8) is 0 Å². The SMILES string of the molecule is C[C@@H](CCCCCO)NC(=O)OC(C)(C)C. The van der Waals surface area contributed by atoms with Gasteiger partial charge in [0, 0.05) is 12.6 Å². The number of carbonyl (C=O) groups excluding carboxylic acids is 1. The van der Waals surface area contributed by atoms with Gasteiger partial charge < -0.3 is 15.2 Å². The Balaban J connectivity index is 3.62. The molecule has 16 heavy (non-hydrogen) atoms. The van der Waals surface area contributed by atoms with Gasteiger partial charge in [0.2, 0.25) is 0 Å². The number of alkyl carbamates (subject to hydrolysis) is 1. The zero-order chi connectivity index (χ0) is 12.6. The third-order valence-electron chi connectivity index (χ3n) is 2.06. The molecule has 0 aromatic rings. The van der Waals surface area contributed by atoms with Crippen LogP contribution >= 0.6 is 0 Å². The molecule has 1 amide bonds. The van der Waals surface area contributed by atoms with Crippen LogP contribution in [0.4, 0.5) is 4.79 Å². The third kappa shape index (κ3) is 9.77. The van der Waals surface area contributed by atoms with Gasteiger partial charge in [-0.3, -0.25) is 0 Å². The van der Waals surface area contributed by atoms with Crippen LogP contribution in [0.3, 0.4) is 0 Å². The largest absolute Gasteiger partial charge is 0.444 e. The summed E-state index contributed by atoms with van der Waals surface area (Å²) >= 11 is 0. The van der Waals surface area contributed by atoms with E-state index in [-0.39, 0.29) is 18.7 Å². The van der Waals surface area contributed by atoms with E-state index in [9.17, 15) is 4.79 Å². The molecule has 0 spiro atoms. The maximum absolute atomic E-state index is 11.4. The minimum Gasteiger partial charge on any atom is -0.444 e. The zero-order valence-electron chi connectivity index (χ0n) is 10.9. The first-order valence-electron chi connectivity index (χ1n) is 5.95. The van der Waals surface area contributed by atoms with Crippen molar-refractivity contribution < 1.29 is 14.6 Å². The number of ether oxygens (including phenoxy) is 1. The molecule has 0 rings (SSSR count). The molecule has 0 aliphatic rings. The van der Waals surface area contributed by atoms with Crippen LogP contribution < -0.4 is 5.32 Å². The summed E-state index contributed by atoms with van der Waals surface area (Å²) in [6, 6.07) is 0.119. The van der Waals surface area contributed by atoms with Crippen LogP contribution in [0.1, 0.15) is 53.4 Å². The van der Waals surface area contributed by atoms with Crippen molar-refractivity contribution in [2.45, 2.75) is 65.0 Å². The summed E-state index contributed by atoms with van der Waals surface area (Å²) in [6.45, 7) is 7.74. The summed E-state index contributed by atoms with van der Waals surface area (Å²) in [7, 11) is 0. The molecule has 4 heteroatoms. The Labute approximate surface area is 98.4 Å². The minimum absolute atomic E-state index is 0.119. The molecule has 0 heterocycles. The van der Waals surface area contributed by atoms with E-state index in [1.165, 1.54) is 0 Å². The van der Waals surface area contributed by atoms with Gasteiger partial charge in [-0.25, -0.2) is 4.79 Å². The lowest BCUT2D eigenvalue weighted by atomic mass is 10.1. The Morgan fingerprint density at radius 2 is 1.94 bits per heavy atom. The summed E-state index contributed by atoms with van der Waals surface area (Å²) in [5, 5.41) is 11.4. The highest BCUT2D eigenvalue weighted by Crippen LogP contribution is 2.08. The molecule has 0 bridgehead atoms. The maximum atomic E-state index is 11.4. The lowest BCUT2D eigenvalue weighted by molar-refractivity contribution is 0.0505. The van der Waals surface area contributed by atoms with Gasteiger partial charge in [0.1, 0.15) is 5.60 Å². The van der Waals surface area contributed by atoms with Gasteiger partial charge in [0.15, 0.2) is 0 Å². The van der Waals surface area contributed by atoms with Gasteiger partial charge in [-0.2, -0.15) is 0 Å². The summed E-state index contributed by atoms with van der Waals surface area (Å²) in [6.07, 6.45) is 3.40. The predicted octanol–water partition coefficient (Wildman–Crippen LogP) is 2.45. The first-order valence-corrected chi connectivity index (χ1v) is 5.95. The van der Waals surface area contributed by atoms with E-state index < -0.39 is 5.60 Å². The van der Waals surface area contributed by atoms with Gasteiger partial charge in [0.05, 0.1) is 0 Å². The van der Waals surface area contributed by atoms with Gasteiger partial charge in [-0.15, -0.1) is 0 Å².